The molecule has 0 bridgehead atoms. The molecule has 8 heteroatoms. The summed E-state index contributed by atoms with van der Waals surface area (Å²) in [6.45, 7) is 2.44. The first-order valence-corrected chi connectivity index (χ1v) is 6.73. The quantitative estimate of drug-likeness (QED) is 0.435. The number of carbonyl (C=O) groups is 3. The minimum absolute atomic E-state index is 0.690. The van der Waals surface area contributed by atoms with Gasteiger partial charge in [-0.3, -0.25) is 14.4 Å². The number of aliphatic hydroxyl groups is 3. The fraction of sp³-hybridized carbons (Fsp3) is 0.750. The van der Waals surface area contributed by atoms with E-state index >= 15 is 0 Å². The lowest BCUT2D eigenvalue weighted by atomic mass is 9.65. The SMILES string of the molecule is CC(=O)C1(Br)O[C@H](CO)[C@H](O)[C@H](O)C1(C(C)=O)C(C)=O. The smallest absolute Gasteiger partial charge is 0.203 e. The van der Waals surface area contributed by atoms with Gasteiger partial charge in [0.05, 0.1) is 6.61 Å². The molecule has 0 spiro atoms. The fourth-order valence-corrected chi connectivity index (χ4v) is 3.68. The van der Waals surface area contributed by atoms with Crippen LogP contribution in [0.3, 0.4) is 0 Å². The minimum Gasteiger partial charge on any atom is -0.394 e. The molecule has 1 fully saturated rings. The number of carbonyl (C=O) groups excluding carboxylic acids is 3. The zero-order valence-electron chi connectivity index (χ0n) is 11.3. The number of ketones is 3. The third-order valence-corrected chi connectivity index (χ3v) is 5.08. The Morgan fingerprint density at radius 1 is 1.10 bits per heavy atom. The van der Waals surface area contributed by atoms with Crippen LogP contribution in [0, 0.1) is 5.41 Å². The van der Waals surface area contributed by atoms with Crippen LogP contribution in [-0.4, -0.2) is 62.1 Å². The highest BCUT2D eigenvalue weighted by atomic mass is 79.9. The van der Waals surface area contributed by atoms with Crippen LogP contribution in [-0.2, 0) is 19.1 Å². The van der Waals surface area contributed by atoms with Crippen molar-refractivity contribution in [1.29, 1.82) is 0 Å². The molecular weight excluding hydrogens is 336 g/mol. The Kier molecular flexibility index (Phi) is 4.87. The summed E-state index contributed by atoms with van der Waals surface area (Å²) in [5, 5.41) is 29.3. The van der Waals surface area contributed by atoms with Crippen molar-refractivity contribution in [3.05, 3.63) is 0 Å². The molecule has 114 valence electrons. The molecule has 1 aliphatic rings. The Hall–Kier alpha value is -0.670. The van der Waals surface area contributed by atoms with Gasteiger partial charge in [0.25, 0.3) is 0 Å². The average molecular weight is 353 g/mol. The number of rotatable bonds is 4. The van der Waals surface area contributed by atoms with E-state index in [1.807, 2.05) is 0 Å². The molecule has 1 unspecified atom stereocenters. The van der Waals surface area contributed by atoms with Gasteiger partial charge < -0.3 is 20.1 Å². The van der Waals surface area contributed by atoms with Crippen LogP contribution >= 0.6 is 15.9 Å². The van der Waals surface area contributed by atoms with E-state index in [-0.39, 0.29) is 0 Å². The maximum Gasteiger partial charge on any atom is 0.203 e. The average Bonchev–Trinajstić information content (AvgIpc) is 2.33. The molecule has 0 amide bonds. The van der Waals surface area contributed by atoms with Crippen LogP contribution in [0.4, 0.5) is 0 Å². The van der Waals surface area contributed by atoms with Crippen molar-refractivity contribution < 1.29 is 34.4 Å². The third kappa shape index (κ3) is 2.06. The number of Topliss-reactive ketones (excluding diaryl/α,β-unsaturated/α-hetero) is 3. The van der Waals surface area contributed by atoms with E-state index in [0.717, 1.165) is 20.8 Å². The van der Waals surface area contributed by atoms with Gasteiger partial charge in [0.2, 0.25) is 4.51 Å². The van der Waals surface area contributed by atoms with Crippen LogP contribution < -0.4 is 0 Å². The number of aliphatic hydroxyl groups excluding tert-OH is 3. The lowest BCUT2D eigenvalue weighted by molar-refractivity contribution is -0.240. The normalized spacial score (nSPS) is 36.5. The Bertz CT molecular complexity index is 435. The lowest BCUT2D eigenvalue weighted by Gasteiger charge is -2.52. The van der Waals surface area contributed by atoms with Crippen molar-refractivity contribution in [3.8, 4) is 0 Å². The molecule has 0 saturated carbocycles. The summed E-state index contributed by atoms with van der Waals surface area (Å²) in [6.07, 6.45) is -4.87. The molecule has 0 aromatic carbocycles. The molecule has 4 atom stereocenters. The minimum atomic E-state index is -2.27. The summed E-state index contributed by atoms with van der Waals surface area (Å²) in [5.41, 5.74) is -2.27. The lowest BCUT2D eigenvalue weighted by Crippen LogP contribution is -2.73. The van der Waals surface area contributed by atoms with Crippen molar-refractivity contribution in [3.63, 3.8) is 0 Å². The Labute approximate surface area is 124 Å². The van der Waals surface area contributed by atoms with Crippen LogP contribution in [0.1, 0.15) is 20.8 Å². The fourth-order valence-electron chi connectivity index (χ4n) is 2.64. The van der Waals surface area contributed by atoms with Gasteiger partial charge in [-0.1, -0.05) is 0 Å². The molecule has 1 heterocycles. The summed E-state index contributed by atoms with van der Waals surface area (Å²) < 4.78 is 3.14. The van der Waals surface area contributed by atoms with Gasteiger partial charge >= 0.3 is 0 Å². The topological polar surface area (TPSA) is 121 Å². The highest BCUT2D eigenvalue weighted by molar-refractivity contribution is 9.10. The van der Waals surface area contributed by atoms with Gasteiger partial charge in [-0.2, -0.15) is 0 Å². The highest BCUT2D eigenvalue weighted by Gasteiger charge is 2.70. The standard InChI is InChI=1S/C12H17BrO7/c1-5(15)11(6(2)16)10(19)9(18)8(4-14)20-12(11,13)7(3)17/h8-10,14,18-19H,4H2,1-3H3/t8-,9+,10+,12?/m1/s1. The van der Waals surface area contributed by atoms with Gasteiger partial charge in [0, 0.05) is 0 Å². The summed E-state index contributed by atoms with van der Waals surface area (Å²) >= 11 is 2.94. The van der Waals surface area contributed by atoms with Gasteiger partial charge in [-0.25, -0.2) is 0 Å². The summed E-state index contributed by atoms with van der Waals surface area (Å²) in [5.74, 6) is -2.37. The monoisotopic (exact) mass is 352 g/mol. The highest BCUT2D eigenvalue weighted by Crippen LogP contribution is 2.50. The zero-order chi connectivity index (χ0) is 15.9. The molecule has 0 aromatic heterocycles. The second kappa shape index (κ2) is 5.61. The van der Waals surface area contributed by atoms with E-state index in [1.54, 1.807) is 0 Å². The first-order chi connectivity index (χ1) is 9.07. The van der Waals surface area contributed by atoms with Crippen molar-refractivity contribution >= 4 is 33.3 Å². The van der Waals surface area contributed by atoms with Crippen molar-refractivity contribution in [2.24, 2.45) is 5.41 Å². The number of halogens is 1. The number of alkyl halides is 1. The van der Waals surface area contributed by atoms with E-state index in [4.69, 9.17) is 9.84 Å². The van der Waals surface area contributed by atoms with Crippen molar-refractivity contribution in [2.45, 2.75) is 43.6 Å². The van der Waals surface area contributed by atoms with E-state index in [9.17, 15) is 24.6 Å². The Morgan fingerprint density at radius 3 is 1.85 bits per heavy atom. The van der Waals surface area contributed by atoms with Crippen LogP contribution in [0.2, 0.25) is 0 Å². The van der Waals surface area contributed by atoms with E-state index in [2.05, 4.69) is 15.9 Å². The van der Waals surface area contributed by atoms with E-state index < -0.39 is 52.2 Å². The summed E-state index contributed by atoms with van der Waals surface area (Å²) in [4.78, 5) is 35.9. The molecule has 1 rings (SSSR count). The first kappa shape index (κ1) is 17.4. The number of hydrogen-bond acceptors (Lipinski definition) is 7. The van der Waals surface area contributed by atoms with Gasteiger partial charge in [0.1, 0.15) is 29.9 Å². The van der Waals surface area contributed by atoms with E-state index in [1.165, 1.54) is 0 Å². The maximum absolute atomic E-state index is 12.0. The van der Waals surface area contributed by atoms with Gasteiger partial charge in [-0.15, -0.1) is 0 Å². The molecule has 20 heavy (non-hydrogen) atoms. The predicted octanol–water partition coefficient (Wildman–Crippen LogP) is -1.06. The largest absolute Gasteiger partial charge is 0.394 e. The first-order valence-electron chi connectivity index (χ1n) is 5.94. The molecule has 1 aliphatic heterocycles. The summed E-state index contributed by atoms with van der Waals surface area (Å²) in [6, 6.07) is 0. The Morgan fingerprint density at radius 2 is 1.55 bits per heavy atom. The molecule has 0 aliphatic carbocycles. The van der Waals surface area contributed by atoms with Crippen molar-refractivity contribution in [2.75, 3.05) is 6.61 Å². The predicted molar refractivity (Wildman–Crippen MR) is 70.1 cm³/mol. The third-order valence-electron chi connectivity index (χ3n) is 3.71. The zero-order valence-corrected chi connectivity index (χ0v) is 12.9. The second-order valence-electron chi connectivity index (χ2n) is 4.85. The number of ether oxygens (including phenoxy) is 1. The molecule has 0 radical (unpaired) electrons. The molecule has 7 nitrogen and oxygen atoms in total. The van der Waals surface area contributed by atoms with Crippen LogP contribution in [0.15, 0.2) is 0 Å². The van der Waals surface area contributed by atoms with Crippen molar-refractivity contribution in [1.82, 2.24) is 0 Å². The molecule has 0 aromatic rings. The number of hydrogen-bond donors (Lipinski definition) is 3. The Balaban J connectivity index is 3.61. The molecular formula is C12H17BrO7. The van der Waals surface area contributed by atoms with Gasteiger partial charge in [-0.05, 0) is 36.7 Å². The second-order valence-corrected chi connectivity index (χ2v) is 5.96. The molecule has 3 N–H and O–H groups in total. The van der Waals surface area contributed by atoms with Crippen LogP contribution in [0.5, 0.6) is 0 Å². The van der Waals surface area contributed by atoms with Gasteiger partial charge in [0.15, 0.2) is 11.2 Å². The van der Waals surface area contributed by atoms with Crippen LogP contribution in [0.25, 0.3) is 0 Å². The van der Waals surface area contributed by atoms with E-state index in [0.29, 0.717) is 0 Å². The molecule has 1 saturated heterocycles. The maximum atomic E-state index is 12.0. The summed E-state index contributed by atoms with van der Waals surface area (Å²) in [7, 11) is 0.